The summed E-state index contributed by atoms with van der Waals surface area (Å²) in [6.45, 7) is 7.77. The predicted molar refractivity (Wildman–Crippen MR) is 149 cm³/mol. The highest BCUT2D eigenvalue weighted by atomic mass is 16.7. The smallest absolute Gasteiger partial charge is 0.332 e. The molecule has 1 aromatic carbocycles. The van der Waals surface area contributed by atoms with Crippen LogP contribution in [0.1, 0.15) is 50.7 Å². The number of nitrogens with one attached hydrogen (secondary N) is 1. The predicted octanol–water partition coefficient (Wildman–Crippen LogP) is 2.87. The highest BCUT2D eigenvalue weighted by molar-refractivity contribution is 5.98. The molecule has 12 heteroatoms. The molecule has 0 saturated carbocycles. The van der Waals surface area contributed by atoms with Crippen LogP contribution in [0.2, 0.25) is 0 Å². The van der Waals surface area contributed by atoms with Gasteiger partial charge in [-0.1, -0.05) is 44.2 Å². The fourth-order valence-corrected chi connectivity index (χ4v) is 4.10. The molecule has 0 bridgehead atoms. The van der Waals surface area contributed by atoms with Crippen molar-refractivity contribution in [1.29, 1.82) is 0 Å². The van der Waals surface area contributed by atoms with E-state index in [1.165, 1.54) is 26.3 Å². The van der Waals surface area contributed by atoms with Crippen LogP contribution in [0.3, 0.4) is 0 Å². The van der Waals surface area contributed by atoms with E-state index in [0.717, 1.165) is 5.56 Å². The lowest BCUT2D eigenvalue weighted by atomic mass is 9.91. The molecule has 4 atom stereocenters. The Morgan fingerprint density at radius 1 is 1.07 bits per heavy atom. The van der Waals surface area contributed by atoms with E-state index in [2.05, 4.69) is 10.3 Å². The molecule has 0 radical (unpaired) electrons. The van der Waals surface area contributed by atoms with Crippen molar-refractivity contribution in [2.75, 3.05) is 20.5 Å². The lowest BCUT2D eigenvalue weighted by Gasteiger charge is -2.29. The second kappa shape index (κ2) is 15.2. The van der Waals surface area contributed by atoms with Crippen molar-refractivity contribution in [2.45, 2.75) is 65.4 Å². The SMILES string of the molecule is COc1ccnc(C(=O)N[C@H]2COC(=O)[C@H](Cc3ccccc3)C(OC(=O)C(C)C)[C@H](C)OC2=O)c1OCOC(C)C. The van der Waals surface area contributed by atoms with Gasteiger partial charge in [-0.15, -0.1) is 0 Å². The molecule has 0 aliphatic carbocycles. The fourth-order valence-electron chi connectivity index (χ4n) is 4.10. The second-order valence-corrected chi connectivity index (χ2v) is 10.3. The summed E-state index contributed by atoms with van der Waals surface area (Å²) in [6.07, 6.45) is -0.797. The Morgan fingerprint density at radius 2 is 1.79 bits per heavy atom. The van der Waals surface area contributed by atoms with Crippen LogP contribution in [0.25, 0.3) is 0 Å². The van der Waals surface area contributed by atoms with Gasteiger partial charge in [-0.3, -0.25) is 14.4 Å². The van der Waals surface area contributed by atoms with Gasteiger partial charge in [-0.05, 0) is 32.8 Å². The summed E-state index contributed by atoms with van der Waals surface area (Å²) in [6, 6.07) is 9.24. The van der Waals surface area contributed by atoms with Crippen molar-refractivity contribution in [3.63, 3.8) is 0 Å². The molecule has 2 heterocycles. The first kappa shape index (κ1) is 32.3. The first-order valence-electron chi connectivity index (χ1n) is 13.7. The van der Waals surface area contributed by atoms with Gasteiger partial charge in [0.1, 0.15) is 18.6 Å². The van der Waals surface area contributed by atoms with Crippen molar-refractivity contribution >= 4 is 23.8 Å². The number of carbonyl (C=O) groups excluding carboxylic acids is 4. The summed E-state index contributed by atoms with van der Waals surface area (Å²) in [5.74, 6) is -4.20. The van der Waals surface area contributed by atoms with Crippen LogP contribution >= 0.6 is 0 Å². The molecule has 1 fully saturated rings. The van der Waals surface area contributed by atoms with Crippen molar-refractivity contribution in [2.24, 2.45) is 11.8 Å². The summed E-state index contributed by atoms with van der Waals surface area (Å²) < 4.78 is 33.2. The van der Waals surface area contributed by atoms with Crippen LogP contribution in [0.4, 0.5) is 0 Å². The molecule has 1 N–H and O–H groups in total. The largest absolute Gasteiger partial charge is 0.493 e. The standard InChI is InChI=1S/C30H38N2O10/c1-17(2)28(34)42-25-19(5)41-30(36)22(15-38-29(35)21(25)14-20-10-8-7-9-11-20)32-27(33)24-26(40-16-39-18(3)4)23(37-6)12-13-31-24/h7-13,17-19,21-22,25H,14-16H2,1-6H3,(H,32,33)/t19-,21+,22-,25?/m0/s1. The highest BCUT2D eigenvalue weighted by Gasteiger charge is 2.42. The number of carbonyl (C=O) groups is 4. The minimum Gasteiger partial charge on any atom is -0.493 e. The van der Waals surface area contributed by atoms with E-state index in [1.807, 2.05) is 44.2 Å². The van der Waals surface area contributed by atoms with Crippen LogP contribution in [-0.4, -0.2) is 73.7 Å². The third kappa shape index (κ3) is 8.65. The molecule has 1 unspecified atom stereocenters. The number of rotatable bonds is 11. The maximum atomic E-state index is 13.4. The topological polar surface area (TPSA) is 149 Å². The Labute approximate surface area is 245 Å². The number of nitrogens with zero attached hydrogens (tertiary/aromatic N) is 1. The number of pyridine rings is 1. The Hall–Kier alpha value is -4.19. The Morgan fingerprint density at radius 3 is 2.43 bits per heavy atom. The van der Waals surface area contributed by atoms with Crippen LogP contribution in [-0.2, 0) is 39.8 Å². The van der Waals surface area contributed by atoms with Gasteiger partial charge in [-0.25, -0.2) is 9.78 Å². The van der Waals surface area contributed by atoms with Gasteiger partial charge in [0.05, 0.1) is 19.1 Å². The number of hydrogen-bond donors (Lipinski definition) is 1. The maximum Gasteiger partial charge on any atom is 0.332 e. The zero-order valence-electron chi connectivity index (χ0n) is 24.7. The van der Waals surface area contributed by atoms with Crippen molar-refractivity contribution in [3.8, 4) is 11.5 Å². The Bertz CT molecular complexity index is 1230. The van der Waals surface area contributed by atoms with Crippen LogP contribution < -0.4 is 14.8 Å². The molecule has 42 heavy (non-hydrogen) atoms. The lowest BCUT2D eigenvalue weighted by molar-refractivity contribution is -0.176. The van der Waals surface area contributed by atoms with E-state index in [0.29, 0.717) is 0 Å². The summed E-state index contributed by atoms with van der Waals surface area (Å²) in [5.41, 5.74) is 0.616. The number of ether oxygens (including phenoxy) is 6. The fraction of sp³-hybridized carbons (Fsp3) is 0.500. The molecule has 1 amide bonds. The van der Waals surface area contributed by atoms with E-state index < -0.39 is 60.5 Å². The minimum absolute atomic E-state index is 0.00327. The van der Waals surface area contributed by atoms with Gasteiger partial charge < -0.3 is 33.7 Å². The molecule has 1 aromatic heterocycles. The number of aromatic nitrogens is 1. The maximum absolute atomic E-state index is 13.4. The number of esters is 3. The number of hydrogen-bond acceptors (Lipinski definition) is 11. The third-order valence-corrected chi connectivity index (χ3v) is 6.38. The molecule has 1 saturated heterocycles. The molecule has 2 aromatic rings. The second-order valence-electron chi connectivity index (χ2n) is 10.3. The van der Waals surface area contributed by atoms with Crippen LogP contribution in [0.5, 0.6) is 11.5 Å². The quantitative estimate of drug-likeness (QED) is 0.235. The van der Waals surface area contributed by atoms with Crippen LogP contribution in [0, 0.1) is 11.8 Å². The zero-order chi connectivity index (χ0) is 30.8. The minimum atomic E-state index is -1.39. The average molecular weight is 587 g/mol. The van der Waals surface area contributed by atoms with Crippen LogP contribution in [0.15, 0.2) is 42.6 Å². The summed E-state index contributed by atoms with van der Waals surface area (Å²) in [4.78, 5) is 56.6. The summed E-state index contributed by atoms with van der Waals surface area (Å²) in [7, 11) is 1.40. The van der Waals surface area contributed by atoms with Gasteiger partial charge in [0.2, 0.25) is 0 Å². The van der Waals surface area contributed by atoms with E-state index >= 15 is 0 Å². The van der Waals surface area contributed by atoms with Gasteiger partial charge in [0, 0.05) is 12.3 Å². The highest BCUT2D eigenvalue weighted by Crippen LogP contribution is 2.30. The molecule has 12 nitrogen and oxygen atoms in total. The van der Waals surface area contributed by atoms with E-state index in [4.69, 9.17) is 28.4 Å². The van der Waals surface area contributed by atoms with Gasteiger partial charge in [-0.2, -0.15) is 0 Å². The van der Waals surface area contributed by atoms with E-state index in [9.17, 15) is 19.2 Å². The Kier molecular flexibility index (Phi) is 11.7. The number of methoxy groups -OCH3 is 1. The Balaban J connectivity index is 1.86. The van der Waals surface area contributed by atoms with Crippen molar-refractivity contribution < 1.29 is 47.6 Å². The summed E-state index contributed by atoms with van der Waals surface area (Å²) in [5, 5.41) is 2.51. The number of amides is 1. The first-order chi connectivity index (χ1) is 20.0. The molecular formula is C30H38N2O10. The van der Waals surface area contributed by atoms with Gasteiger partial charge >= 0.3 is 17.9 Å². The number of benzene rings is 1. The number of cyclic esters (lactones) is 2. The molecule has 1 aliphatic heterocycles. The molecule has 228 valence electrons. The summed E-state index contributed by atoms with van der Waals surface area (Å²) >= 11 is 0. The molecule has 0 spiro atoms. The third-order valence-electron chi connectivity index (χ3n) is 6.38. The normalized spacial score (nSPS) is 21.0. The zero-order valence-corrected chi connectivity index (χ0v) is 24.7. The first-order valence-corrected chi connectivity index (χ1v) is 13.7. The van der Waals surface area contributed by atoms with Gasteiger partial charge in [0.15, 0.2) is 36.1 Å². The van der Waals surface area contributed by atoms with E-state index in [-0.39, 0.29) is 36.5 Å². The molecule has 1 aliphatic rings. The molecule has 3 rings (SSSR count). The monoisotopic (exact) mass is 586 g/mol. The van der Waals surface area contributed by atoms with Gasteiger partial charge in [0.25, 0.3) is 5.91 Å². The average Bonchev–Trinajstić information content (AvgIpc) is 2.99. The van der Waals surface area contributed by atoms with Crippen molar-refractivity contribution in [1.82, 2.24) is 10.3 Å². The molecular weight excluding hydrogens is 548 g/mol. The van der Waals surface area contributed by atoms with Crippen molar-refractivity contribution in [3.05, 3.63) is 53.9 Å². The lowest BCUT2D eigenvalue weighted by Crippen LogP contribution is -2.47. The van der Waals surface area contributed by atoms with E-state index in [1.54, 1.807) is 13.8 Å².